The highest BCUT2D eigenvalue weighted by Crippen LogP contribution is 2.21. The third-order valence-electron chi connectivity index (χ3n) is 3.17. The summed E-state index contributed by atoms with van der Waals surface area (Å²) in [5.41, 5.74) is -0.440. The van der Waals surface area contributed by atoms with Crippen molar-refractivity contribution >= 4 is 6.09 Å². The molecule has 0 saturated heterocycles. The molecule has 0 heterocycles. The van der Waals surface area contributed by atoms with Gasteiger partial charge in [-0.05, 0) is 53.4 Å². The summed E-state index contributed by atoms with van der Waals surface area (Å²) in [5, 5.41) is 15.1. The number of hydrogen-bond donors (Lipinski definition) is 3. The molecule has 5 heteroatoms. The van der Waals surface area contributed by atoms with E-state index in [0.29, 0.717) is 12.1 Å². The van der Waals surface area contributed by atoms with E-state index in [4.69, 9.17) is 9.84 Å². The SMILES string of the molecule is CC(CCCO)NC1CC(NC(=O)OC(C)(C)C)C1. The Morgan fingerprint density at radius 2 is 2.00 bits per heavy atom. The highest BCUT2D eigenvalue weighted by atomic mass is 16.6. The Morgan fingerprint density at radius 3 is 2.53 bits per heavy atom. The number of rotatable bonds is 6. The van der Waals surface area contributed by atoms with Crippen LogP contribution in [-0.2, 0) is 4.74 Å². The first-order valence-corrected chi connectivity index (χ1v) is 7.16. The number of carbonyl (C=O) groups excluding carboxylic acids is 1. The fraction of sp³-hybridized carbons (Fsp3) is 0.929. The van der Waals surface area contributed by atoms with Crippen LogP contribution in [0, 0.1) is 0 Å². The van der Waals surface area contributed by atoms with E-state index >= 15 is 0 Å². The smallest absolute Gasteiger partial charge is 0.407 e. The van der Waals surface area contributed by atoms with Crippen molar-refractivity contribution in [3.63, 3.8) is 0 Å². The summed E-state index contributed by atoms with van der Waals surface area (Å²) in [6.07, 6.45) is 3.38. The zero-order chi connectivity index (χ0) is 14.5. The summed E-state index contributed by atoms with van der Waals surface area (Å²) in [7, 11) is 0. The molecular weight excluding hydrogens is 244 g/mol. The molecule has 1 fully saturated rings. The first-order valence-electron chi connectivity index (χ1n) is 7.16. The van der Waals surface area contributed by atoms with Gasteiger partial charge in [-0.3, -0.25) is 0 Å². The molecule has 0 spiro atoms. The second-order valence-electron chi connectivity index (χ2n) is 6.45. The lowest BCUT2D eigenvalue weighted by atomic mass is 9.86. The monoisotopic (exact) mass is 272 g/mol. The molecule has 19 heavy (non-hydrogen) atoms. The van der Waals surface area contributed by atoms with Gasteiger partial charge in [0.2, 0.25) is 0 Å². The average Bonchev–Trinajstić information content (AvgIpc) is 2.20. The van der Waals surface area contributed by atoms with Crippen molar-refractivity contribution in [2.75, 3.05) is 6.61 Å². The molecule has 0 aromatic heterocycles. The Kier molecular flexibility index (Phi) is 6.07. The third kappa shape index (κ3) is 6.78. The lowest BCUT2D eigenvalue weighted by Gasteiger charge is -2.38. The van der Waals surface area contributed by atoms with Crippen LogP contribution in [0.2, 0.25) is 0 Å². The molecule has 0 aromatic rings. The minimum Gasteiger partial charge on any atom is -0.444 e. The predicted octanol–water partition coefficient (Wildman–Crippen LogP) is 1.79. The van der Waals surface area contributed by atoms with E-state index < -0.39 is 5.60 Å². The maximum atomic E-state index is 11.6. The summed E-state index contributed by atoms with van der Waals surface area (Å²) in [6.45, 7) is 7.96. The van der Waals surface area contributed by atoms with Crippen molar-refractivity contribution in [2.24, 2.45) is 0 Å². The Balaban J connectivity index is 2.11. The average molecular weight is 272 g/mol. The van der Waals surface area contributed by atoms with Gasteiger partial charge in [-0.2, -0.15) is 0 Å². The predicted molar refractivity (Wildman–Crippen MR) is 75.1 cm³/mol. The van der Waals surface area contributed by atoms with Gasteiger partial charge >= 0.3 is 6.09 Å². The zero-order valence-electron chi connectivity index (χ0n) is 12.5. The van der Waals surface area contributed by atoms with Gasteiger partial charge < -0.3 is 20.5 Å². The molecule has 3 N–H and O–H groups in total. The van der Waals surface area contributed by atoms with Crippen LogP contribution in [0.1, 0.15) is 53.4 Å². The summed E-state index contributed by atoms with van der Waals surface area (Å²) < 4.78 is 5.22. The van der Waals surface area contributed by atoms with E-state index in [-0.39, 0.29) is 18.7 Å². The molecule has 0 aromatic carbocycles. The highest BCUT2D eigenvalue weighted by molar-refractivity contribution is 5.68. The van der Waals surface area contributed by atoms with Crippen molar-refractivity contribution in [1.82, 2.24) is 10.6 Å². The molecule has 1 unspecified atom stereocenters. The van der Waals surface area contributed by atoms with E-state index in [2.05, 4.69) is 17.6 Å². The molecule has 1 amide bonds. The first kappa shape index (κ1) is 16.2. The largest absolute Gasteiger partial charge is 0.444 e. The summed E-state index contributed by atoms with van der Waals surface area (Å²) >= 11 is 0. The molecule has 1 aliphatic carbocycles. The molecule has 0 bridgehead atoms. The Morgan fingerprint density at radius 1 is 1.37 bits per heavy atom. The summed E-state index contributed by atoms with van der Waals surface area (Å²) in [5.74, 6) is 0. The second-order valence-corrected chi connectivity index (χ2v) is 6.45. The molecule has 5 nitrogen and oxygen atoms in total. The minimum atomic E-state index is -0.440. The topological polar surface area (TPSA) is 70.6 Å². The van der Waals surface area contributed by atoms with E-state index in [1.54, 1.807) is 0 Å². The number of carbonyl (C=O) groups is 1. The molecule has 1 rings (SSSR count). The fourth-order valence-electron chi connectivity index (χ4n) is 2.23. The van der Waals surface area contributed by atoms with Crippen LogP contribution in [0.3, 0.4) is 0 Å². The molecule has 1 atom stereocenters. The zero-order valence-corrected chi connectivity index (χ0v) is 12.5. The lowest BCUT2D eigenvalue weighted by molar-refractivity contribution is 0.0463. The minimum absolute atomic E-state index is 0.220. The number of hydrogen-bond acceptors (Lipinski definition) is 4. The van der Waals surface area contributed by atoms with E-state index in [1.807, 2.05) is 20.8 Å². The van der Waals surface area contributed by atoms with Gasteiger partial charge in [0, 0.05) is 24.7 Å². The van der Waals surface area contributed by atoms with Gasteiger partial charge in [0.15, 0.2) is 0 Å². The number of aliphatic hydroxyl groups excluding tert-OH is 1. The van der Waals surface area contributed by atoms with Crippen LogP contribution in [0.4, 0.5) is 4.79 Å². The van der Waals surface area contributed by atoms with Crippen molar-refractivity contribution < 1.29 is 14.6 Å². The van der Waals surface area contributed by atoms with Crippen molar-refractivity contribution in [3.8, 4) is 0 Å². The Labute approximate surface area is 116 Å². The van der Waals surface area contributed by atoms with Crippen LogP contribution < -0.4 is 10.6 Å². The van der Waals surface area contributed by atoms with Crippen molar-refractivity contribution in [3.05, 3.63) is 0 Å². The van der Waals surface area contributed by atoms with Gasteiger partial charge in [0.25, 0.3) is 0 Å². The van der Waals surface area contributed by atoms with Gasteiger partial charge in [-0.15, -0.1) is 0 Å². The first-order chi connectivity index (χ1) is 8.80. The summed E-state index contributed by atoms with van der Waals surface area (Å²) in [6, 6.07) is 1.10. The lowest BCUT2D eigenvalue weighted by Crippen LogP contribution is -2.54. The fourth-order valence-corrected chi connectivity index (χ4v) is 2.23. The molecule has 1 saturated carbocycles. The van der Waals surface area contributed by atoms with Crippen molar-refractivity contribution in [2.45, 2.75) is 77.1 Å². The van der Waals surface area contributed by atoms with Gasteiger partial charge in [-0.25, -0.2) is 4.79 Å². The Bertz CT molecular complexity index is 283. The van der Waals surface area contributed by atoms with Crippen molar-refractivity contribution in [1.29, 1.82) is 0 Å². The number of ether oxygens (including phenoxy) is 1. The number of aliphatic hydroxyl groups is 1. The van der Waals surface area contributed by atoms with Crippen LogP contribution in [0.5, 0.6) is 0 Å². The van der Waals surface area contributed by atoms with Gasteiger partial charge in [0.05, 0.1) is 0 Å². The van der Waals surface area contributed by atoms with E-state index in [1.165, 1.54) is 0 Å². The summed E-state index contributed by atoms with van der Waals surface area (Å²) in [4.78, 5) is 11.6. The van der Waals surface area contributed by atoms with E-state index in [9.17, 15) is 4.79 Å². The number of nitrogens with one attached hydrogen (secondary N) is 2. The molecule has 1 aliphatic rings. The van der Waals surface area contributed by atoms with E-state index in [0.717, 1.165) is 25.7 Å². The molecule has 0 aliphatic heterocycles. The molecule has 0 radical (unpaired) electrons. The third-order valence-corrected chi connectivity index (χ3v) is 3.17. The second kappa shape index (κ2) is 7.10. The molecule has 112 valence electrons. The molecular formula is C14H28N2O3. The van der Waals surface area contributed by atoms with Crippen LogP contribution >= 0.6 is 0 Å². The van der Waals surface area contributed by atoms with Gasteiger partial charge in [-0.1, -0.05) is 0 Å². The standard InChI is InChI=1S/C14H28N2O3/c1-10(6-5-7-17)15-11-8-12(9-11)16-13(18)19-14(2,3)4/h10-12,15,17H,5-9H2,1-4H3,(H,16,18). The Hall–Kier alpha value is -0.810. The number of amides is 1. The normalized spacial score (nSPS) is 24.5. The maximum absolute atomic E-state index is 11.6. The van der Waals surface area contributed by atoms with Crippen LogP contribution in [0.25, 0.3) is 0 Å². The maximum Gasteiger partial charge on any atom is 0.407 e. The quantitative estimate of drug-likeness (QED) is 0.689. The van der Waals surface area contributed by atoms with Gasteiger partial charge in [0.1, 0.15) is 5.60 Å². The van der Waals surface area contributed by atoms with Crippen LogP contribution in [-0.4, -0.2) is 41.5 Å². The highest BCUT2D eigenvalue weighted by Gasteiger charge is 2.31. The van der Waals surface area contributed by atoms with Crippen LogP contribution in [0.15, 0.2) is 0 Å². The number of alkyl carbamates (subject to hydrolysis) is 1.